The maximum atomic E-state index is 13.1. The van der Waals surface area contributed by atoms with Gasteiger partial charge in [-0.1, -0.05) is 19.1 Å². The van der Waals surface area contributed by atoms with Crippen molar-refractivity contribution in [2.75, 3.05) is 5.32 Å². The molecule has 0 aliphatic rings. The van der Waals surface area contributed by atoms with E-state index in [1.807, 2.05) is 25.1 Å². The molecule has 0 fully saturated rings. The molecule has 0 spiro atoms. The normalized spacial score (nSPS) is 11.7. The van der Waals surface area contributed by atoms with Crippen LogP contribution in [0.2, 0.25) is 0 Å². The summed E-state index contributed by atoms with van der Waals surface area (Å²) < 4.78 is 19.8. The Bertz CT molecular complexity index is 1030. The van der Waals surface area contributed by atoms with Gasteiger partial charge in [0.25, 0.3) is 11.5 Å². The fourth-order valence-electron chi connectivity index (χ4n) is 2.57. The van der Waals surface area contributed by atoms with Crippen LogP contribution in [0.3, 0.4) is 0 Å². The number of aryl methyl sites for hydroxylation is 1. The molecule has 6 nitrogen and oxygen atoms in total. The van der Waals surface area contributed by atoms with Gasteiger partial charge in [-0.05, 0) is 55.3 Å². The van der Waals surface area contributed by atoms with Gasteiger partial charge in [-0.15, -0.1) is 5.10 Å². The van der Waals surface area contributed by atoms with Gasteiger partial charge in [0.1, 0.15) is 5.82 Å². The van der Waals surface area contributed by atoms with Gasteiger partial charge in [-0.2, -0.15) is 4.68 Å². The summed E-state index contributed by atoms with van der Waals surface area (Å²) in [6.45, 7) is 3.63. The van der Waals surface area contributed by atoms with E-state index >= 15 is 0 Å². The van der Waals surface area contributed by atoms with Crippen molar-refractivity contribution >= 4 is 11.6 Å². The van der Waals surface area contributed by atoms with Crippen LogP contribution in [-0.4, -0.2) is 21.8 Å². The Morgan fingerprint density at radius 3 is 2.64 bits per heavy atom. The number of nitrogens with zero attached hydrogens (tertiary/aromatic N) is 2. The summed E-state index contributed by atoms with van der Waals surface area (Å²) in [5.41, 5.74) is 1.79. The second kappa shape index (κ2) is 8.47. The molecule has 0 saturated carbocycles. The number of hydrogen-bond donors (Lipinski definition) is 1. The summed E-state index contributed by atoms with van der Waals surface area (Å²) in [5, 5.41) is 6.91. The Kier molecular flexibility index (Phi) is 5.84. The minimum Gasteiger partial charge on any atom is -0.463 e. The molecule has 28 heavy (non-hydrogen) atoms. The quantitative estimate of drug-likeness (QED) is 0.711. The maximum absolute atomic E-state index is 13.1. The molecule has 1 N–H and O–H groups in total. The van der Waals surface area contributed by atoms with Gasteiger partial charge in [0, 0.05) is 17.8 Å². The standard InChI is InChI=1S/C21H20FN3O3/c1-3-15-5-4-6-17(13-15)23-21(27)14(2)28-19-11-12-20(26)25(24-19)18-9-7-16(22)8-10-18/h4-14H,3H2,1-2H3,(H,23,27)/t14-/m0/s1. The van der Waals surface area contributed by atoms with Gasteiger partial charge in [-0.25, -0.2) is 4.39 Å². The fraction of sp³-hybridized carbons (Fsp3) is 0.190. The van der Waals surface area contributed by atoms with Crippen LogP contribution in [0, 0.1) is 5.82 Å². The lowest BCUT2D eigenvalue weighted by Gasteiger charge is -2.15. The van der Waals surface area contributed by atoms with Crippen molar-refractivity contribution in [3.63, 3.8) is 0 Å². The highest BCUT2D eigenvalue weighted by atomic mass is 19.1. The lowest BCUT2D eigenvalue weighted by molar-refractivity contribution is -0.122. The Balaban J connectivity index is 1.73. The summed E-state index contributed by atoms with van der Waals surface area (Å²) in [6, 6.07) is 15.6. The molecular weight excluding hydrogens is 361 g/mol. The zero-order chi connectivity index (χ0) is 20.1. The maximum Gasteiger partial charge on any atom is 0.271 e. The van der Waals surface area contributed by atoms with Crippen LogP contribution in [0.15, 0.2) is 65.5 Å². The minimum atomic E-state index is -0.836. The lowest BCUT2D eigenvalue weighted by Crippen LogP contribution is -2.31. The second-order valence-electron chi connectivity index (χ2n) is 6.20. The van der Waals surface area contributed by atoms with Gasteiger partial charge < -0.3 is 10.1 Å². The number of aromatic nitrogens is 2. The number of carbonyl (C=O) groups excluding carboxylic acids is 1. The molecule has 0 unspecified atom stereocenters. The van der Waals surface area contributed by atoms with Crippen molar-refractivity contribution in [1.29, 1.82) is 0 Å². The Morgan fingerprint density at radius 1 is 1.18 bits per heavy atom. The molecule has 0 aliphatic carbocycles. The van der Waals surface area contributed by atoms with Crippen molar-refractivity contribution in [3.8, 4) is 11.6 Å². The van der Waals surface area contributed by atoms with Crippen LogP contribution in [-0.2, 0) is 11.2 Å². The molecule has 1 amide bonds. The highest BCUT2D eigenvalue weighted by Crippen LogP contribution is 2.14. The molecule has 1 aromatic heterocycles. The summed E-state index contributed by atoms with van der Waals surface area (Å²) >= 11 is 0. The third kappa shape index (κ3) is 4.62. The van der Waals surface area contributed by atoms with E-state index in [0.717, 1.165) is 16.7 Å². The van der Waals surface area contributed by atoms with Crippen molar-refractivity contribution in [2.45, 2.75) is 26.4 Å². The molecule has 3 aromatic rings. The number of anilines is 1. The van der Waals surface area contributed by atoms with Gasteiger partial charge in [0.15, 0.2) is 6.10 Å². The van der Waals surface area contributed by atoms with Crippen molar-refractivity contribution in [3.05, 3.63) is 82.4 Å². The molecule has 7 heteroatoms. The van der Waals surface area contributed by atoms with E-state index in [4.69, 9.17) is 4.74 Å². The SMILES string of the molecule is CCc1cccc(NC(=O)[C@H](C)Oc2ccc(=O)n(-c3ccc(F)cc3)n2)c1. The predicted molar refractivity (Wildman–Crippen MR) is 104 cm³/mol. The smallest absolute Gasteiger partial charge is 0.271 e. The number of benzene rings is 2. The van der Waals surface area contributed by atoms with Crippen molar-refractivity contribution < 1.29 is 13.9 Å². The van der Waals surface area contributed by atoms with Crippen LogP contribution in [0.25, 0.3) is 5.69 Å². The summed E-state index contributed by atoms with van der Waals surface area (Å²) in [5.74, 6) is -0.648. The Morgan fingerprint density at radius 2 is 1.93 bits per heavy atom. The van der Waals surface area contributed by atoms with Crippen molar-refractivity contribution in [1.82, 2.24) is 9.78 Å². The largest absolute Gasteiger partial charge is 0.463 e. The van der Waals surface area contributed by atoms with Crippen LogP contribution >= 0.6 is 0 Å². The summed E-state index contributed by atoms with van der Waals surface area (Å²) in [4.78, 5) is 24.5. The van der Waals surface area contributed by atoms with E-state index in [0.29, 0.717) is 11.4 Å². The lowest BCUT2D eigenvalue weighted by atomic mass is 10.1. The number of nitrogens with one attached hydrogen (secondary N) is 1. The number of hydrogen-bond acceptors (Lipinski definition) is 4. The number of carbonyl (C=O) groups is 1. The topological polar surface area (TPSA) is 73.2 Å². The van der Waals surface area contributed by atoms with Gasteiger partial charge in [0.05, 0.1) is 5.69 Å². The molecule has 144 valence electrons. The van der Waals surface area contributed by atoms with Crippen molar-refractivity contribution in [2.24, 2.45) is 0 Å². The molecule has 1 heterocycles. The minimum absolute atomic E-state index is 0.105. The summed E-state index contributed by atoms with van der Waals surface area (Å²) in [6.07, 6.45) is 0.0295. The van der Waals surface area contributed by atoms with E-state index in [9.17, 15) is 14.0 Å². The number of ether oxygens (including phenoxy) is 1. The fourth-order valence-corrected chi connectivity index (χ4v) is 2.57. The molecular formula is C21H20FN3O3. The monoisotopic (exact) mass is 381 g/mol. The molecule has 3 rings (SSSR count). The zero-order valence-electron chi connectivity index (χ0n) is 15.6. The number of rotatable bonds is 6. The van der Waals surface area contributed by atoms with Gasteiger partial charge >= 0.3 is 0 Å². The van der Waals surface area contributed by atoms with E-state index in [1.54, 1.807) is 13.0 Å². The highest BCUT2D eigenvalue weighted by Gasteiger charge is 2.16. The van der Waals surface area contributed by atoms with E-state index in [-0.39, 0.29) is 11.8 Å². The van der Waals surface area contributed by atoms with Gasteiger partial charge in [0.2, 0.25) is 5.88 Å². The van der Waals surface area contributed by atoms with E-state index in [2.05, 4.69) is 10.4 Å². The van der Waals surface area contributed by atoms with Gasteiger partial charge in [-0.3, -0.25) is 9.59 Å². The molecule has 0 bridgehead atoms. The third-order valence-corrected chi connectivity index (χ3v) is 4.12. The predicted octanol–water partition coefficient (Wildman–Crippen LogP) is 3.34. The first kappa shape index (κ1) is 19.3. The van der Waals surface area contributed by atoms with Crippen LogP contribution in [0.1, 0.15) is 19.4 Å². The number of halogens is 1. The Labute approximate surface area is 161 Å². The molecule has 0 radical (unpaired) electrons. The molecule has 1 atom stereocenters. The summed E-state index contributed by atoms with van der Waals surface area (Å²) in [7, 11) is 0. The third-order valence-electron chi connectivity index (χ3n) is 4.12. The average Bonchev–Trinajstić information content (AvgIpc) is 2.70. The van der Waals surface area contributed by atoms with E-state index in [1.165, 1.54) is 36.4 Å². The average molecular weight is 381 g/mol. The second-order valence-corrected chi connectivity index (χ2v) is 6.20. The highest BCUT2D eigenvalue weighted by molar-refractivity contribution is 5.94. The van der Waals surface area contributed by atoms with Crippen LogP contribution in [0.5, 0.6) is 5.88 Å². The number of amides is 1. The van der Waals surface area contributed by atoms with Crippen LogP contribution < -0.4 is 15.6 Å². The zero-order valence-corrected chi connectivity index (χ0v) is 15.6. The molecule has 0 saturated heterocycles. The van der Waals surface area contributed by atoms with E-state index < -0.39 is 17.5 Å². The first-order valence-electron chi connectivity index (χ1n) is 8.89. The first-order valence-corrected chi connectivity index (χ1v) is 8.89. The van der Waals surface area contributed by atoms with Crippen LogP contribution in [0.4, 0.5) is 10.1 Å². The molecule has 2 aromatic carbocycles. The molecule has 0 aliphatic heterocycles. The first-order chi connectivity index (χ1) is 13.5. The Hall–Kier alpha value is -3.48.